The molecule has 130 valence electrons. The van der Waals surface area contributed by atoms with E-state index in [1.807, 2.05) is 30.3 Å². The predicted octanol–water partition coefficient (Wildman–Crippen LogP) is 3.14. The topological polar surface area (TPSA) is 69.2 Å². The summed E-state index contributed by atoms with van der Waals surface area (Å²) in [6, 6.07) is 12.5. The number of methoxy groups -OCH3 is 3. The van der Waals surface area contributed by atoms with Crippen molar-refractivity contribution in [3.05, 3.63) is 59.7 Å². The number of carbonyl (C=O) groups excluding carboxylic acids is 1. The zero-order chi connectivity index (χ0) is 18.1. The number of benzene rings is 2. The minimum absolute atomic E-state index is 0.345. The van der Waals surface area contributed by atoms with Crippen LogP contribution >= 0.6 is 0 Å². The summed E-state index contributed by atoms with van der Waals surface area (Å²) in [4.78, 5) is 12.1. The molecule has 0 heterocycles. The Morgan fingerprint density at radius 1 is 0.960 bits per heavy atom. The Balaban J connectivity index is 1.97. The van der Waals surface area contributed by atoms with E-state index in [0.29, 0.717) is 17.1 Å². The molecule has 25 heavy (non-hydrogen) atoms. The van der Waals surface area contributed by atoms with Gasteiger partial charge in [0.05, 0.1) is 21.3 Å². The number of nitrogens with zero attached hydrogens (tertiary/aromatic N) is 1. The first-order chi connectivity index (χ1) is 12.2. The van der Waals surface area contributed by atoms with Gasteiger partial charge in [-0.25, -0.2) is 5.43 Å². The molecule has 1 N–H and O–H groups in total. The van der Waals surface area contributed by atoms with E-state index in [9.17, 15) is 4.79 Å². The smallest absolute Gasteiger partial charge is 0.271 e. The van der Waals surface area contributed by atoms with E-state index in [1.165, 1.54) is 20.4 Å². The number of hydrogen-bond acceptors (Lipinski definition) is 5. The summed E-state index contributed by atoms with van der Waals surface area (Å²) in [5.41, 5.74) is 3.79. The van der Waals surface area contributed by atoms with Crippen LogP contribution in [0.1, 0.15) is 15.9 Å². The van der Waals surface area contributed by atoms with Crippen molar-refractivity contribution < 1.29 is 19.0 Å². The number of para-hydroxylation sites is 1. The number of allylic oxidation sites excluding steroid dienone is 1. The third-order valence-corrected chi connectivity index (χ3v) is 3.39. The highest BCUT2D eigenvalue weighted by atomic mass is 16.5. The number of nitrogens with one attached hydrogen (secondary N) is 1. The maximum atomic E-state index is 12.1. The first-order valence-electron chi connectivity index (χ1n) is 7.54. The maximum Gasteiger partial charge on any atom is 0.271 e. The summed E-state index contributed by atoms with van der Waals surface area (Å²) in [7, 11) is 4.67. The van der Waals surface area contributed by atoms with Gasteiger partial charge in [0.15, 0.2) is 11.5 Å². The van der Waals surface area contributed by atoms with Crippen molar-refractivity contribution >= 4 is 18.2 Å². The Morgan fingerprint density at radius 2 is 1.68 bits per heavy atom. The van der Waals surface area contributed by atoms with Crippen LogP contribution in [0.15, 0.2) is 53.6 Å². The van der Waals surface area contributed by atoms with Crippen LogP contribution in [0, 0.1) is 0 Å². The molecule has 0 atom stereocenters. The molecule has 1 amide bonds. The van der Waals surface area contributed by atoms with E-state index in [-0.39, 0.29) is 5.91 Å². The fourth-order valence-electron chi connectivity index (χ4n) is 2.13. The van der Waals surface area contributed by atoms with E-state index in [2.05, 4.69) is 10.5 Å². The van der Waals surface area contributed by atoms with E-state index < -0.39 is 0 Å². The van der Waals surface area contributed by atoms with E-state index in [0.717, 1.165) is 11.3 Å². The normalized spacial score (nSPS) is 10.8. The molecule has 0 fully saturated rings. The zero-order valence-corrected chi connectivity index (χ0v) is 14.4. The van der Waals surface area contributed by atoms with Crippen LogP contribution in [0.4, 0.5) is 0 Å². The molecule has 2 aromatic carbocycles. The van der Waals surface area contributed by atoms with Crippen molar-refractivity contribution in [2.45, 2.75) is 0 Å². The third kappa shape index (κ3) is 4.84. The number of hydrogen-bond donors (Lipinski definition) is 1. The van der Waals surface area contributed by atoms with Gasteiger partial charge in [-0.3, -0.25) is 4.79 Å². The van der Waals surface area contributed by atoms with Crippen molar-refractivity contribution in [1.29, 1.82) is 0 Å². The molecule has 6 heteroatoms. The highest BCUT2D eigenvalue weighted by molar-refractivity contribution is 5.95. The lowest BCUT2D eigenvalue weighted by atomic mass is 10.2. The Kier molecular flexibility index (Phi) is 6.59. The number of hydrazone groups is 1. The van der Waals surface area contributed by atoms with Gasteiger partial charge < -0.3 is 14.2 Å². The van der Waals surface area contributed by atoms with Gasteiger partial charge in [-0.2, -0.15) is 5.10 Å². The van der Waals surface area contributed by atoms with E-state index in [4.69, 9.17) is 14.2 Å². The molecular weight excluding hydrogens is 320 g/mol. The van der Waals surface area contributed by atoms with Gasteiger partial charge in [-0.15, -0.1) is 0 Å². The standard InChI is InChI=1S/C19H20N2O4/c1-23-16-9-5-4-7-14(16)8-6-12-20-21-19(22)15-10-11-17(24-2)18(13-15)25-3/h4-13H,1-3H3,(H,21,22)/b8-6+,20-12-. The molecule has 0 unspecified atom stereocenters. The van der Waals surface area contributed by atoms with Gasteiger partial charge in [-0.1, -0.05) is 18.2 Å². The van der Waals surface area contributed by atoms with Gasteiger partial charge >= 0.3 is 0 Å². The molecule has 0 aliphatic heterocycles. The molecule has 0 aromatic heterocycles. The number of carbonyl (C=O) groups is 1. The molecule has 0 saturated heterocycles. The molecule has 0 spiro atoms. The van der Waals surface area contributed by atoms with Crippen molar-refractivity contribution in [2.24, 2.45) is 5.10 Å². The molecular formula is C19H20N2O4. The summed E-state index contributed by atoms with van der Waals surface area (Å²) in [6.07, 6.45) is 5.04. The van der Waals surface area contributed by atoms with Crippen LogP contribution in [-0.2, 0) is 0 Å². The fraction of sp³-hybridized carbons (Fsp3) is 0.158. The van der Waals surface area contributed by atoms with Gasteiger partial charge in [0.1, 0.15) is 5.75 Å². The lowest BCUT2D eigenvalue weighted by Crippen LogP contribution is -2.17. The van der Waals surface area contributed by atoms with Crippen LogP contribution < -0.4 is 19.6 Å². The van der Waals surface area contributed by atoms with Gasteiger partial charge in [0.25, 0.3) is 5.91 Å². The molecule has 0 aliphatic carbocycles. The van der Waals surface area contributed by atoms with Crippen LogP contribution in [0.25, 0.3) is 6.08 Å². The van der Waals surface area contributed by atoms with Crippen LogP contribution in [0.3, 0.4) is 0 Å². The average Bonchev–Trinajstić information content (AvgIpc) is 2.67. The number of amides is 1. The largest absolute Gasteiger partial charge is 0.496 e. The molecule has 2 aromatic rings. The van der Waals surface area contributed by atoms with Crippen molar-refractivity contribution in [3.8, 4) is 17.2 Å². The SMILES string of the molecule is COc1ccccc1/C=C/C=N\NC(=O)c1ccc(OC)c(OC)c1. The van der Waals surface area contributed by atoms with Gasteiger partial charge in [0.2, 0.25) is 0 Å². The summed E-state index contributed by atoms with van der Waals surface area (Å²) >= 11 is 0. The fourth-order valence-corrected chi connectivity index (χ4v) is 2.13. The third-order valence-electron chi connectivity index (χ3n) is 3.39. The lowest BCUT2D eigenvalue weighted by molar-refractivity contribution is 0.0954. The highest BCUT2D eigenvalue weighted by Crippen LogP contribution is 2.27. The average molecular weight is 340 g/mol. The summed E-state index contributed by atoms with van der Waals surface area (Å²) in [6.45, 7) is 0. The summed E-state index contributed by atoms with van der Waals surface area (Å²) in [5.74, 6) is 1.46. The van der Waals surface area contributed by atoms with Crippen molar-refractivity contribution in [1.82, 2.24) is 5.43 Å². The van der Waals surface area contributed by atoms with E-state index in [1.54, 1.807) is 31.4 Å². The maximum absolute atomic E-state index is 12.1. The molecule has 0 radical (unpaired) electrons. The number of ether oxygens (including phenoxy) is 3. The summed E-state index contributed by atoms with van der Waals surface area (Å²) in [5, 5.41) is 3.89. The molecule has 0 saturated carbocycles. The summed E-state index contributed by atoms with van der Waals surface area (Å²) < 4.78 is 15.6. The second kappa shape index (κ2) is 9.12. The van der Waals surface area contributed by atoms with E-state index >= 15 is 0 Å². The second-order valence-electron chi connectivity index (χ2n) is 4.89. The first kappa shape index (κ1) is 18.1. The Labute approximate surface area is 146 Å². The van der Waals surface area contributed by atoms with Crippen LogP contribution in [0.2, 0.25) is 0 Å². The Hall–Kier alpha value is -3.28. The zero-order valence-electron chi connectivity index (χ0n) is 14.4. The number of rotatable bonds is 7. The van der Waals surface area contributed by atoms with Crippen molar-refractivity contribution in [2.75, 3.05) is 21.3 Å². The monoisotopic (exact) mass is 340 g/mol. The van der Waals surface area contributed by atoms with Crippen LogP contribution in [0.5, 0.6) is 17.2 Å². The van der Waals surface area contributed by atoms with Crippen molar-refractivity contribution in [3.63, 3.8) is 0 Å². The minimum atomic E-state index is -0.345. The predicted molar refractivity (Wildman–Crippen MR) is 97.5 cm³/mol. The molecule has 2 rings (SSSR count). The molecule has 6 nitrogen and oxygen atoms in total. The molecule has 0 bridgehead atoms. The van der Waals surface area contributed by atoms with Gasteiger partial charge in [0, 0.05) is 17.3 Å². The Morgan fingerprint density at radius 3 is 2.40 bits per heavy atom. The second-order valence-corrected chi connectivity index (χ2v) is 4.89. The van der Waals surface area contributed by atoms with Crippen LogP contribution in [-0.4, -0.2) is 33.5 Å². The highest BCUT2D eigenvalue weighted by Gasteiger charge is 2.09. The molecule has 0 aliphatic rings. The van der Waals surface area contributed by atoms with Gasteiger partial charge in [-0.05, 0) is 36.4 Å². The first-order valence-corrected chi connectivity index (χ1v) is 7.54. The lowest BCUT2D eigenvalue weighted by Gasteiger charge is -2.08. The Bertz CT molecular complexity index is 785. The minimum Gasteiger partial charge on any atom is -0.496 e. The quantitative estimate of drug-likeness (QED) is 0.621.